The fraction of sp³-hybridized carbons (Fsp3) is 0.364. The molecule has 2 N–H and O–H groups in total. The summed E-state index contributed by atoms with van der Waals surface area (Å²) < 4.78 is 6.11. The predicted octanol–water partition coefficient (Wildman–Crippen LogP) is 2.92. The fourth-order valence-electron chi connectivity index (χ4n) is 1.29. The topological polar surface area (TPSA) is 35.2 Å². The maximum Gasteiger partial charge on any atom is 0.133 e. The summed E-state index contributed by atoms with van der Waals surface area (Å²) in [6, 6.07) is 6.00. The molecule has 0 bridgehead atoms. The maximum absolute atomic E-state index is 5.57. The average Bonchev–Trinajstić information content (AvgIpc) is 2.18. The fourth-order valence-corrected chi connectivity index (χ4v) is 1.96. The molecule has 0 heterocycles. The van der Waals surface area contributed by atoms with Gasteiger partial charge in [-0.25, -0.2) is 0 Å². The van der Waals surface area contributed by atoms with E-state index in [0.29, 0.717) is 4.99 Å². The van der Waals surface area contributed by atoms with Crippen molar-refractivity contribution in [3.63, 3.8) is 0 Å². The standard InChI is InChI=1S/C11H14BrNOS/c1-7(11(13)15)5-8-3-4-10(14-2)9(12)6-8/h3-4,6-7H,5H2,1-2H3,(H2,13,15). The van der Waals surface area contributed by atoms with Crippen LogP contribution in [0.3, 0.4) is 0 Å². The Morgan fingerprint density at radius 3 is 2.73 bits per heavy atom. The molecule has 2 nitrogen and oxygen atoms in total. The molecule has 1 unspecified atom stereocenters. The zero-order chi connectivity index (χ0) is 11.4. The van der Waals surface area contributed by atoms with Crippen molar-refractivity contribution < 1.29 is 4.74 Å². The number of hydrogen-bond acceptors (Lipinski definition) is 2. The van der Waals surface area contributed by atoms with Gasteiger partial charge in [0.1, 0.15) is 5.75 Å². The first-order valence-corrected chi connectivity index (χ1v) is 5.86. The summed E-state index contributed by atoms with van der Waals surface area (Å²) in [7, 11) is 1.65. The van der Waals surface area contributed by atoms with E-state index in [9.17, 15) is 0 Å². The number of halogens is 1. The normalized spacial score (nSPS) is 12.2. The lowest BCUT2D eigenvalue weighted by Gasteiger charge is -2.10. The minimum absolute atomic E-state index is 0.222. The Morgan fingerprint density at radius 2 is 2.27 bits per heavy atom. The second kappa shape index (κ2) is 5.47. The van der Waals surface area contributed by atoms with E-state index in [0.717, 1.165) is 16.6 Å². The third-order valence-corrected chi connectivity index (χ3v) is 3.27. The highest BCUT2D eigenvalue weighted by Crippen LogP contribution is 2.26. The first-order valence-electron chi connectivity index (χ1n) is 4.66. The highest BCUT2D eigenvalue weighted by molar-refractivity contribution is 9.10. The minimum Gasteiger partial charge on any atom is -0.496 e. The van der Waals surface area contributed by atoms with Gasteiger partial charge in [0.2, 0.25) is 0 Å². The van der Waals surface area contributed by atoms with Crippen molar-refractivity contribution in [2.24, 2.45) is 11.7 Å². The van der Waals surface area contributed by atoms with Crippen molar-refractivity contribution in [1.82, 2.24) is 0 Å². The molecule has 0 spiro atoms. The number of hydrogen-bond donors (Lipinski definition) is 1. The quantitative estimate of drug-likeness (QED) is 0.865. The van der Waals surface area contributed by atoms with Gasteiger partial charge in [0.15, 0.2) is 0 Å². The average molecular weight is 288 g/mol. The van der Waals surface area contributed by atoms with Crippen LogP contribution in [0, 0.1) is 5.92 Å². The third-order valence-electron chi connectivity index (χ3n) is 2.24. The SMILES string of the molecule is COc1ccc(CC(C)C(N)=S)cc1Br. The van der Waals surface area contributed by atoms with Gasteiger partial charge >= 0.3 is 0 Å². The van der Waals surface area contributed by atoms with Gasteiger partial charge in [0, 0.05) is 5.92 Å². The van der Waals surface area contributed by atoms with Crippen LogP contribution in [0.25, 0.3) is 0 Å². The summed E-state index contributed by atoms with van der Waals surface area (Å²) in [4.78, 5) is 0.557. The van der Waals surface area contributed by atoms with Gasteiger partial charge in [-0.05, 0) is 40.0 Å². The van der Waals surface area contributed by atoms with Gasteiger partial charge in [0.25, 0.3) is 0 Å². The molecule has 1 aromatic carbocycles. The summed E-state index contributed by atoms with van der Waals surface area (Å²) >= 11 is 8.39. The molecule has 0 saturated carbocycles. The third kappa shape index (κ3) is 3.47. The van der Waals surface area contributed by atoms with E-state index < -0.39 is 0 Å². The van der Waals surface area contributed by atoms with Crippen LogP contribution in [0.5, 0.6) is 5.75 Å². The molecule has 0 aromatic heterocycles. The number of ether oxygens (including phenoxy) is 1. The molecule has 1 atom stereocenters. The second-order valence-corrected chi connectivity index (χ2v) is 4.80. The van der Waals surface area contributed by atoms with Crippen molar-refractivity contribution in [3.05, 3.63) is 28.2 Å². The lowest BCUT2D eigenvalue weighted by Crippen LogP contribution is -2.20. The van der Waals surface area contributed by atoms with E-state index in [1.54, 1.807) is 7.11 Å². The first-order chi connectivity index (χ1) is 7.04. The Kier molecular flexibility index (Phi) is 4.54. The largest absolute Gasteiger partial charge is 0.496 e. The molecule has 0 aliphatic heterocycles. The number of rotatable bonds is 4. The molecular formula is C11H14BrNOS. The van der Waals surface area contributed by atoms with Gasteiger partial charge in [-0.2, -0.15) is 0 Å². The van der Waals surface area contributed by atoms with Gasteiger partial charge in [-0.3, -0.25) is 0 Å². The zero-order valence-electron chi connectivity index (χ0n) is 8.79. The summed E-state index contributed by atoms with van der Waals surface area (Å²) in [6.45, 7) is 2.03. The van der Waals surface area contributed by atoms with Crippen LogP contribution in [-0.2, 0) is 6.42 Å². The molecule has 82 valence electrons. The van der Waals surface area contributed by atoms with Crippen LogP contribution in [0.15, 0.2) is 22.7 Å². The van der Waals surface area contributed by atoms with E-state index >= 15 is 0 Å². The molecule has 0 aliphatic carbocycles. The highest BCUT2D eigenvalue weighted by Gasteiger charge is 2.08. The predicted molar refractivity (Wildman–Crippen MR) is 70.3 cm³/mol. The zero-order valence-corrected chi connectivity index (χ0v) is 11.2. The van der Waals surface area contributed by atoms with Gasteiger partial charge < -0.3 is 10.5 Å². The molecule has 1 aromatic rings. The summed E-state index contributed by atoms with van der Waals surface area (Å²) in [5.41, 5.74) is 6.77. The lowest BCUT2D eigenvalue weighted by molar-refractivity contribution is 0.412. The van der Waals surface area contributed by atoms with Crippen LogP contribution in [0.4, 0.5) is 0 Å². The molecule has 0 saturated heterocycles. The van der Waals surface area contributed by atoms with Crippen LogP contribution in [-0.4, -0.2) is 12.1 Å². The Balaban J connectivity index is 2.79. The molecule has 0 fully saturated rings. The molecule has 15 heavy (non-hydrogen) atoms. The molecule has 0 amide bonds. The molecule has 0 radical (unpaired) electrons. The number of methoxy groups -OCH3 is 1. The highest BCUT2D eigenvalue weighted by atomic mass is 79.9. The maximum atomic E-state index is 5.57. The van der Waals surface area contributed by atoms with E-state index in [4.69, 9.17) is 22.7 Å². The van der Waals surface area contributed by atoms with Crippen molar-refractivity contribution in [2.75, 3.05) is 7.11 Å². The van der Waals surface area contributed by atoms with Gasteiger partial charge in [0.05, 0.1) is 16.6 Å². The van der Waals surface area contributed by atoms with E-state index in [-0.39, 0.29) is 5.92 Å². The van der Waals surface area contributed by atoms with Crippen molar-refractivity contribution in [1.29, 1.82) is 0 Å². The van der Waals surface area contributed by atoms with Gasteiger partial charge in [-0.1, -0.05) is 25.2 Å². The smallest absolute Gasteiger partial charge is 0.133 e. The van der Waals surface area contributed by atoms with Crippen LogP contribution in [0.1, 0.15) is 12.5 Å². The number of benzene rings is 1. The van der Waals surface area contributed by atoms with Crippen LogP contribution < -0.4 is 10.5 Å². The number of nitrogens with two attached hydrogens (primary N) is 1. The van der Waals surface area contributed by atoms with E-state index in [1.807, 2.05) is 25.1 Å². The molecule has 0 aliphatic rings. The Morgan fingerprint density at radius 1 is 1.60 bits per heavy atom. The summed E-state index contributed by atoms with van der Waals surface area (Å²) in [5, 5.41) is 0. The Bertz CT molecular complexity index is 368. The van der Waals surface area contributed by atoms with Crippen LogP contribution in [0.2, 0.25) is 0 Å². The lowest BCUT2D eigenvalue weighted by atomic mass is 10.0. The number of thiocarbonyl (C=S) groups is 1. The van der Waals surface area contributed by atoms with Crippen LogP contribution >= 0.6 is 28.1 Å². The second-order valence-electron chi connectivity index (χ2n) is 3.48. The minimum atomic E-state index is 0.222. The Labute approximate surface area is 104 Å². The van der Waals surface area contributed by atoms with E-state index in [1.165, 1.54) is 5.56 Å². The monoisotopic (exact) mass is 287 g/mol. The van der Waals surface area contributed by atoms with Gasteiger partial charge in [-0.15, -0.1) is 0 Å². The van der Waals surface area contributed by atoms with Crippen molar-refractivity contribution >= 4 is 33.1 Å². The Hall–Kier alpha value is -0.610. The molecule has 1 rings (SSSR count). The van der Waals surface area contributed by atoms with Crippen molar-refractivity contribution in [3.8, 4) is 5.75 Å². The molecule has 4 heteroatoms. The van der Waals surface area contributed by atoms with E-state index in [2.05, 4.69) is 15.9 Å². The summed E-state index contributed by atoms with van der Waals surface area (Å²) in [6.07, 6.45) is 0.859. The molecular weight excluding hydrogens is 274 g/mol. The summed E-state index contributed by atoms with van der Waals surface area (Å²) in [5.74, 6) is 1.06. The van der Waals surface area contributed by atoms with Crippen molar-refractivity contribution in [2.45, 2.75) is 13.3 Å². The first kappa shape index (κ1) is 12.5.